The highest BCUT2D eigenvalue weighted by atomic mass is 79.9. The van der Waals surface area contributed by atoms with Gasteiger partial charge in [0.05, 0.1) is 18.6 Å². The van der Waals surface area contributed by atoms with Crippen molar-refractivity contribution < 1.29 is 9.47 Å². The third kappa shape index (κ3) is 2.36. The number of rotatable bonds is 3. The van der Waals surface area contributed by atoms with Gasteiger partial charge in [0.1, 0.15) is 5.75 Å². The maximum absolute atomic E-state index is 5.71. The molecule has 2 rings (SSSR count). The molecule has 0 N–H and O–H groups in total. The summed E-state index contributed by atoms with van der Waals surface area (Å²) in [5, 5.41) is 1.94. The maximum Gasteiger partial charge on any atom is 0.225 e. The van der Waals surface area contributed by atoms with E-state index in [0.717, 1.165) is 21.0 Å². The second-order valence-corrected chi connectivity index (χ2v) is 4.81. The molecular formula is C13H14BrNO2. The van der Waals surface area contributed by atoms with Crippen molar-refractivity contribution in [2.45, 2.75) is 20.0 Å². The summed E-state index contributed by atoms with van der Waals surface area (Å²) < 4.78 is 12.1. The number of methoxy groups -OCH3 is 1. The maximum atomic E-state index is 5.71. The van der Waals surface area contributed by atoms with Gasteiger partial charge >= 0.3 is 0 Å². The van der Waals surface area contributed by atoms with Crippen molar-refractivity contribution in [3.63, 3.8) is 0 Å². The third-order valence-electron chi connectivity index (χ3n) is 2.37. The molecule has 4 heteroatoms. The van der Waals surface area contributed by atoms with Crippen LogP contribution >= 0.6 is 15.9 Å². The van der Waals surface area contributed by atoms with Crippen LogP contribution in [0.25, 0.3) is 10.8 Å². The average molecular weight is 296 g/mol. The molecule has 0 atom stereocenters. The zero-order valence-electron chi connectivity index (χ0n) is 10.0. The first-order valence-electron chi connectivity index (χ1n) is 5.41. The van der Waals surface area contributed by atoms with Crippen molar-refractivity contribution in [3.8, 4) is 11.6 Å². The fourth-order valence-electron chi connectivity index (χ4n) is 1.68. The van der Waals surface area contributed by atoms with Crippen LogP contribution in [0.15, 0.2) is 28.9 Å². The number of pyridine rings is 1. The number of hydrogen-bond donors (Lipinski definition) is 0. The van der Waals surface area contributed by atoms with Gasteiger partial charge in [0.2, 0.25) is 5.88 Å². The first-order chi connectivity index (χ1) is 8.13. The van der Waals surface area contributed by atoms with Crippen molar-refractivity contribution in [2.75, 3.05) is 7.11 Å². The zero-order valence-corrected chi connectivity index (χ0v) is 11.6. The van der Waals surface area contributed by atoms with Crippen LogP contribution in [0, 0.1) is 0 Å². The van der Waals surface area contributed by atoms with Crippen LogP contribution in [0.2, 0.25) is 0 Å². The number of nitrogens with zero attached hydrogens (tertiary/aromatic N) is 1. The van der Waals surface area contributed by atoms with E-state index in [2.05, 4.69) is 20.9 Å². The SMILES string of the molecule is COc1ccc(Br)c2ccnc(OC(C)C)c12. The van der Waals surface area contributed by atoms with Crippen LogP contribution in [-0.4, -0.2) is 18.2 Å². The first kappa shape index (κ1) is 12.2. The van der Waals surface area contributed by atoms with Gasteiger partial charge in [0, 0.05) is 16.1 Å². The topological polar surface area (TPSA) is 31.4 Å². The van der Waals surface area contributed by atoms with Gasteiger partial charge in [0.15, 0.2) is 0 Å². The van der Waals surface area contributed by atoms with Crippen molar-refractivity contribution in [2.24, 2.45) is 0 Å². The monoisotopic (exact) mass is 295 g/mol. The van der Waals surface area contributed by atoms with Crippen LogP contribution in [0.1, 0.15) is 13.8 Å². The molecule has 1 aromatic carbocycles. The Morgan fingerprint density at radius 1 is 1.24 bits per heavy atom. The molecular weight excluding hydrogens is 282 g/mol. The Balaban J connectivity index is 2.71. The average Bonchev–Trinajstić information content (AvgIpc) is 2.30. The smallest absolute Gasteiger partial charge is 0.225 e. The lowest BCUT2D eigenvalue weighted by molar-refractivity contribution is 0.235. The highest BCUT2D eigenvalue weighted by Gasteiger charge is 2.12. The van der Waals surface area contributed by atoms with E-state index in [9.17, 15) is 0 Å². The molecule has 0 aliphatic rings. The number of halogens is 1. The Labute approximate surface area is 109 Å². The summed E-state index contributed by atoms with van der Waals surface area (Å²) in [5.41, 5.74) is 0. The molecule has 0 aliphatic heterocycles. The van der Waals surface area contributed by atoms with Crippen LogP contribution < -0.4 is 9.47 Å². The Morgan fingerprint density at radius 3 is 2.65 bits per heavy atom. The summed E-state index contributed by atoms with van der Waals surface area (Å²) >= 11 is 3.52. The van der Waals surface area contributed by atoms with Crippen LogP contribution in [0.3, 0.4) is 0 Å². The minimum Gasteiger partial charge on any atom is -0.496 e. The van der Waals surface area contributed by atoms with Crippen LogP contribution in [-0.2, 0) is 0 Å². The molecule has 17 heavy (non-hydrogen) atoms. The van der Waals surface area contributed by atoms with Crippen molar-refractivity contribution in [1.82, 2.24) is 4.98 Å². The highest BCUT2D eigenvalue weighted by Crippen LogP contribution is 2.36. The standard InChI is InChI=1S/C13H14BrNO2/c1-8(2)17-13-12-9(6-7-15-13)10(14)4-5-11(12)16-3/h4-8H,1-3H3. The molecule has 1 heterocycles. The molecule has 0 unspecified atom stereocenters. The van der Waals surface area contributed by atoms with E-state index in [1.807, 2.05) is 32.0 Å². The first-order valence-corrected chi connectivity index (χ1v) is 6.20. The molecule has 0 radical (unpaired) electrons. The number of aromatic nitrogens is 1. The van der Waals surface area contributed by atoms with E-state index in [1.54, 1.807) is 13.3 Å². The van der Waals surface area contributed by atoms with Crippen molar-refractivity contribution in [1.29, 1.82) is 0 Å². The molecule has 0 bridgehead atoms. The quantitative estimate of drug-likeness (QED) is 0.863. The van der Waals surface area contributed by atoms with E-state index in [1.165, 1.54) is 0 Å². The van der Waals surface area contributed by atoms with Gasteiger partial charge < -0.3 is 9.47 Å². The molecule has 0 spiro atoms. The Bertz CT molecular complexity index is 540. The van der Waals surface area contributed by atoms with Gasteiger partial charge in [-0.25, -0.2) is 4.98 Å². The molecule has 0 saturated heterocycles. The van der Waals surface area contributed by atoms with Crippen LogP contribution in [0.4, 0.5) is 0 Å². The van der Waals surface area contributed by atoms with E-state index >= 15 is 0 Å². The highest BCUT2D eigenvalue weighted by molar-refractivity contribution is 9.10. The summed E-state index contributed by atoms with van der Waals surface area (Å²) in [5.74, 6) is 1.38. The number of benzene rings is 1. The van der Waals surface area contributed by atoms with E-state index < -0.39 is 0 Å². The molecule has 0 fully saturated rings. The lowest BCUT2D eigenvalue weighted by atomic mass is 10.1. The minimum atomic E-state index is 0.0804. The van der Waals surface area contributed by atoms with E-state index in [0.29, 0.717) is 5.88 Å². The summed E-state index contributed by atoms with van der Waals surface area (Å²) in [7, 11) is 1.65. The summed E-state index contributed by atoms with van der Waals surface area (Å²) in [4.78, 5) is 4.27. The molecule has 0 aliphatic carbocycles. The van der Waals surface area contributed by atoms with Crippen molar-refractivity contribution in [3.05, 3.63) is 28.9 Å². The summed E-state index contributed by atoms with van der Waals surface area (Å²) in [6.07, 6.45) is 1.82. The Kier molecular flexibility index (Phi) is 3.52. The molecule has 90 valence electrons. The van der Waals surface area contributed by atoms with Gasteiger partial charge in [-0.2, -0.15) is 0 Å². The minimum absolute atomic E-state index is 0.0804. The fourth-order valence-corrected chi connectivity index (χ4v) is 2.15. The Hall–Kier alpha value is -1.29. The van der Waals surface area contributed by atoms with Gasteiger partial charge in [-0.1, -0.05) is 15.9 Å². The Morgan fingerprint density at radius 2 is 2.00 bits per heavy atom. The number of ether oxygens (including phenoxy) is 2. The zero-order chi connectivity index (χ0) is 12.4. The van der Waals surface area contributed by atoms with Crippen molar-refractivity contribution >= 4 is 26.7 Å². The normalized spacial score (nSPS) is 10.9. The second kappa shape index (κ2) is 4.92. The molecule has 0 amide bonds. The summed E-state index contributed by atoms with van der Waals surface area (Å²) in [6.45, 7) is 3.95. The lowest BCUT2D eigenvalue weighted by Crippen LogP contribution is -2.07. The predicted molar refractivity (Wildman–Crippen MR) is 71.8 cm³/mol. The molecule has 3 nitrogen and oxygen atoms in total. The van der Waals surface area contributed by atoms with Gasteiger partial charge in [-0.05, 0) is 32.0 Å². The van der Waals surface area contributed by atoms with E-state index in [-0.39, 0.29) is 6.10 Å². The third-order valence-corrected chi connectivity index (χ3v) is 3.06. The molecule has 2 aromatic rings. The number of fused-ring (bicyclic) bond motifs is 1. The number of hydrogen-bond acceptors (Lipinski definition) is 3. The predicted octanol–water partition coefficient (Wildman–Crippen LogP) is 3.79. The summed E-state index contributed by atoms with van der Waals surface area (Å²) in [6, 6.07) is 5.80. The van der Waals surface area contributed by atoms with Gasteiger partial charge in [-0.3, -0.25) is 0 Å². The fraction of sp³-hybridized carbons (Fsp3) is 0.308. The second-order valence-electron chi connectivity index (χ2n) is 3.95. The largest absolute Gasteiger partial charge is 0.496 e. The van der Waals surface area contributed by atoms with E-state index in [4.69, 9.17) is 9.47 Å². The molecule has 0 saturated carbocycles. The van der Waals surface area contributed by atoms with Gasteiger partial charge in [-0.15, -0.1) is 0 Å². The molecule has 1 aromatic heterocycles. The van der Waals surface area contributed by atoms with Crippen LogP contribution in [0.5, 0.6) is 11.6 Å². The van der Waals surface area contributed by atoms with Gasteiger partial charge in [0.25, 0.3) is 0 Å². The lowest BCUT2D eigenvalue weighted by Gasteiger charge is -2.14.